The zero-order valence-electron chi connectivity index (χ0n) is 8.23. The average Bonchev–Trinajstić information content (AvgIpc) is 2.71. The van der Waals surface area contributed by atoms with Gasteiger partial charge in [-0.05, 0) is 0 Å². The number of nitrogens with one attached hydrogen (secondary N) is 2. The van der Waals surface area contributed by atoms with Crippen LogP contribution in [-0.4, -0.2) is 36.7 Å². The second-order valence-corrected chi connectivity index (χ2v) is 4.18. The van der Waals surface area contributed by atoms with Crippen LogP contribution < -0.4 is 10.6 Å². The van der Waals surface area contributed by atoms with E-state index in [9.17, 15) is 4.79 Å². The van der Waals surface area contributed by atoms with E-state index in [4.69, 9.17) is 4.74 Å². The van der Waals surface area contributed by atoms with E-state index >= 15 is 0 Å². The van der Waals surface area contributed by atoms with Crippen LogP contribution in [0.3, 0.4) is 0 Å². The molecule has 1 aliphatic rings. The van der Waals surface area contributed by atoms with Gasteiger partial charge in [0, 0.05) is 24.7 Å². The van der Waals surface area contributed by atoms with Crippen LogP contribution in [0.4, 0.5) is 5.13 Å². The Balaban J connectivity index is 1.76. The molecule has 15 heavy (non-hydrogen) atoms. The van der Waals surface area contributed by atoms with Crippen molar-refractivity contribution in [2.75, 3.05) is 25.0 Å². The summed E-state index contributed by atoms with van der Waals surface area (Å²) in [5, 5.41) is 8.38. The van der Waals surface area contributed by atoms with E-state index in [1.807, 2.05) is 5.38 Å². The summed E-state index contributed by atoms with van der Waals surface area (Å²) < 4.78 is 5.43. The van der Waals surface area contributed by atoms with Crippen molar-refractivity contribution in [3.63, 3.8) is 0 Å². The first-order chi connectivity index (χ1) is 7.34. The highest BCUT2D eigenvalue weighted by Crippen LogP contribution is 2.11. The number of hydrogen-bond acceptors (Lipinski definition) is 5. The topological polar surface area (TPSA) is 63.2 Å². The van der Waals surface area contributed by atoms with E-state index in [0.717, 1.165) is 13.1 Å². The maximum atomic E-state index is 11.5. The summed E-state index contributed by atoms with van der Waals surface area (Å²) in [7, 11) is 0. The largest absolute Gasteiger partial charge is 0.375 e. The third-order valence-electron chi connectivity index (χ3n) is 2.10. The summed E-state index contributed by atoms with van der Waals surface area (Å²) in [6.07, 6.45) is 2.03. The second kappa shape index (κ2) is 5.20. The number of rotatable bonds is 3. The fourth-order valence-corrected chi connectivity index (χ4v) is 1.96. The lowest BCUT2D eigenvalue weighted by Gasteiger charge is -2.22. The van der Waals surface area contributed by atoms with Gasteiger partial charge in [0.05, 0.1) is 19.1 Å². The molecule has 0 bridgehead atoms. The van der Waals surface area contributed by atoms with Crippen molar-refractivity contribution in [3.8, 4) is 0 Å². The Morgan fingerprint density at radius 2 is 2.73 bits per heavy atom. The van der Waals surface area contributed by atoms with Crippen LogP contribution in [0.2, 0.25) is 0 Å². The van der Waals surface area contributed by atoms with E-state index < -0.39 is 0 Å². The molecular formula is C9H13N3O2S. The number of nitrogens with zero attached hydrogens (tertiary/aromatic N) is 1. The molecule has 0 aromatic carbocycles. The molecule has 82 valence electrons. The van der Waals surface area contributed by atoms with Crippen molar-refractivity contribution in [1.82, 2.24) is 10.3 Å². The Labute approximate surface area is 91.9 Å². The van der Waals surface area contributed by atoms with Gasteiger partial charge < -0.3 is 15.4 Å². The smallest absolute Gasteiger partial charge is 0.228 e. The SMILES string of the molecule is O=C(CC1CNCCO1)Nc1nccs1. The summed E-state index contributed by atoms with van der Waals surface area (Å²) in [5.74, 6) is -0.0429. The zero-order chi connectivity index (χ0) is 10.5. The lowest BCUT2D eigenvalue weighted by molar-refractivity contribution is -0.119. The number of amides is 1. The monoisotopic (exact) mass is 227 g/mol. The highest BCUT2D eigenvalue weighted by Gasteiger charge is 2.17. The first kappa shape index (κ1) is 10.5. The molecule has 1 atom stereocenters. The van der Waals surface area contributed by atoms with Gasteiger partial charge in [-0.2, -0.15) is 0 Å². The summed E-state index contributed by atoms with van der Waals surface area (Å²) in [6.45, 7) is 2.28. The Morgan fingerprint density at radius 3 is 3.40 bits per heavy atom. The van der Waals surface area contributed by atoms with Gasteiger partial charge in [0.1, 0.15) is 0 Å². The summed E-state index contributed by atoms with van der Waals surface area (Å²) in [5.41, 5.74) is 0. The quantitative estimate of drug-likeness (QED) is 0.787. The second-order valence-electron chi connectivity index (χ2n) is 3.29. The van der Waals surface area contributed by atoms with Crippen molar-refractivity contribution < 1.29 is 9.53 Å². The maximum Gasteiger partial charge on any atom is 0.228 e. The van der Waals surface area contributed by atoms with Gasteiger partial charge in [0.25, 0.3) is 0 Å². The van der Waals surface area contributed by atoms with E-state index in [0.29, 0.717) is 18.2 Å². The van der Waals surface area contributed by atoms with Crippen LogP contribution in [0.25, 0.3) is 0 Å². The lowest BCUT2D eigenvalue weighted by atomic mass is 10.2. The summed E-state index contributed by atoms with van der Waals surface area (Å²) in [6, 6.07) is 0. The van der Waals surface area contributed by atoms with Crippen LogP contribution in [0.15, 0.2) is 11.6 Å². The number of carbonyl (C=O) groups excluding carboxylic acids is 1. The van der Waals surface area contributed by atoms with Gasteiger partial charge in [-0.15, -0.1) is 11.3 Å². The van der Waals surface area contributed by atoms with Crippen LogP contribution >= 0.6 is 11.3 Å². The summed E-state index contributed by atoms with van der Waals surface area (Å²) >= 11 is 1.41. The standard InChI is InChI=1S/C9H13N3O2S/c13-8(12-9-11-2-4-15-9)5-7-6-10-1-3-14-7/h2,4,7,10H,1,3,5-6H2,(H,11,12,13). The molecule has 2 rings (SSSR count). The normalized spacial score (nSPS) is 21.2. The lowest BCUT2D eigenvalue weighted by Crippen LogP contribution is -2.40. The molecule has 2 N–H and O–H groups in total. The Bertz CT molecular complexity index is 309. The number of ether oxygens (including phenoxy) is 1. The third-order valence-corrected chi connectivity index (χ3v) is 2.78. The molecular weight excluding hydrogens is 214 g/mol. The first-order valence-electron chi connectivity index (χ1n) is 4.86. The number of carbonyl (C=O) groups is 1. The zero-order valence-corrected chi connectivity index (χ0v) is 9.05. The van der Waals surface area contributed by atoms with Gasteiger partial charge >= 0.3 is 0 Å². The number of aromatic nitrogens is 1. The molecule has 1 aliphatic heterocycles. The Hall–Kier alpha value is -0.980. The average molecular weight is 227 g/mol. The van der Waals surface area contributed by atoms with Crippen molar-refractivity contribution in [2.24, 2.45) is 0 Å². The highest BCUT2D eigenvalue weighted by atomic mass is 32.1. The van der Waals surface area contributed by atoms with Crippen molar-refractivity contribution in [3.05, 3.63) is 11.6 Å². The maximum absolute atomic E-state index is 11.5. The predicted molar refractivity (Wildman–Crippen MR) is 58.0 cm³/mol. The molecule has 1 saturated heterocycles. The molecule has 5 nitrogen and oxygen atoms in total. The van der Waals surface area contributed by atoms with E-state index in [1.165, 1.54) is 11.3 Å². The van der Waals surface area contributed by atoms with Crippen LogP contribution in [0, 0.1) is 0 Å². The molecule has 1 unspecified atom stereocenters. The summed E-state index contributed by atoms with van der Waals surface area (Å²) in [4.78, 5) is 15.5. The third kappa shape index (κ3) is 3.26. The van der Waals surface area contributed by atoms with Crippen LogP contribution in [0.5, 0.6) is 0 Å². The molecule has 0 spiro atoms. The van der Waals surface area contributed by atoms with Crippen LogP contribution in [-0.2, 0) is 9.53 Å². The number of anilines is 1. The minimum atomic E-state index is -0.0429. The Kier molecular flexibility index (Phi) is 3.65. The fourth-order valence-electron chi connectivity index (χ4n) is 1.41. The molecule has 1 fully saturated rings. The van der Waals surface area contributed by atoms with Crippen molar-refractivity contribution in [2.45, 2.75) is 12.5 Å². The molecule has 6 heteroatoms. The number of thiazole rings is 1. The van der Waals surface area contributed by atoms with Gasteiger partial charge in [-0.25, -0.2) is 4.98 Å². The van der Waals surface area contributed by atoms with Gasteiger partial charge in [-0.3, -0.25) is 4.79 Å². The number of hydrogen-bond donors (Lipinski definition) is 2. The molecule has 0 aliphatic carbocycles. The van der Waals surface area contributed by atoms with Crippen molar-refractivity contribution >= 4 is 22.4 Å². The highest BCUT2D eigenvalue weighted by molar-refractivity contribution is 7.13. The predicted octanol–water partition coefficient (Wildman–Crippen LogP) is 0.460. The van der Waals surface area contributed by atoms with E-state index in [1.54, 1.807) is 6.20 Å². The van der Waals surface area contributed by atoms with E-state index in [2.05, 4.69) is 15.6 Å². The minimum Gasteiger partial charge on any atom is -0.375 e. The molecule has 1 aromatic rings. The Morgan fingerprint density at radius 1 is 1.80 bits per heavy atom. The molecule has 1 amide bonds. The van der Waals surface area contributed by atoms with Crippen LogP contribution in [0.1, 0.15) is 6.42 Å². The van der Waals surface area contributed by atoms with Gasteiger partial charge in [0.15, 0.2) is 5.13 Å². The van der Waals surface area contributed by atoms with Gasteiger partial charge in [0.2, 0.25) is 5.91 Å². The molecule has 0 radical (unpaired) electrons. The molecule has 2 heterocycles. The molecule has 0 saturated carbocycles. The fraction of sp³-hybridized carbons (Fsp3) is 0.556. The molecule has 1 aromatic heterocycles. The van der Waals surface area contributed by atoms with Crippen molar-refractivity contribution in [1.29, 1.82) is 0 Å². The number of morpholine rings is 1. The minimum absolute atomic E-state index is 0.0151. The van der Waals surface area contributed by atoms with Gasteiger partial charge in [-0.1, -0.05) is 0 Å². The van der Waals surface area contributed by atoms with E-state index in [-0.39, 0.29) is 12.0 Å². The first-order valence-corrected chi connectivity index (χ1v) is 5.74.